The molecule has 1 N–H and O–H groups in total. The zero-order chi connectivity index (χ0) is 19.5. The molecular formula is C23H19FO4. The number of rotatable bonds is 7. The molecule has 28 heavy (non-hydrogen) atoms. The van der Waals surface area contributed by atoms with Crippen LogP contribution in [0.5, 0.6) is 17.2 Å². The highest BCUT2D eigenvalue weighted by Gasteiger charge is 2.43. The molecule has 0 spiro atoms. The second-order valence-corrected chi connectivity index (χ2v) is 6.83. The molecule has 1 aliphatic rings. The number of hydrogen-bond donors (Lipinski definition) is 1. The van der Waals surface area contributed by atoms with Gasteiger partial charge >= 0.3 is 5.97 Å². The topological polar surface area (TPSA) is 55.8 Å². The molecule has 0 bridgehead atoms. The smallest absolute Gasteiger partial charge is 0.306 e. The molecule has 1 aliphatic carbocycles. The van der Waals surface area contributed by atoms with Gasteiger partial charge in [0, 0.05) is 11.5 Å². The molecule has 0 aromatic heterocycles. The first-order valence-electron chi connectivity index (χ1n) is 9.08. The summed E-state index contributed by atoms with van der Waals surface area (Å²) in [6.45, 7) is 0.388. The summed E-state index contributed by atoms with van der Waals surface area (Å²) in [4.78, 5) is 10.9. The SMILES string of the molecule is O=C(O)[C@@H]1CC1COc1ccc(-c2cc(F)ccc2Oc2ccccc2)cc1. The number of carboxylic acid groups (broad SMARTS) is 1. The summed E-state index contributed by atoms with van der Waals surface area (Å²) in [5, 5.41) is 8.94. The Hall–Kier alpha value is -3.34. The number of benzene rings is 3. The maximum Gasteiger partial charge on any atom is 0.306 e. The van der Waals surface area contributed by atoms with Gasteiger partial charge in [-0.25, -0.2) is 4.39 Å². The van der Waals surface area contributed by atoms with Gasteiger partial charge < -0.3 is 14.6 Å². The summed E-state index contributed by atoms with van der Waals surface area (Å²) in [5.41, 5.74) is 1.44. The molecule has 0 aliphatic heterocycles. The lowest BCUT2D eigenvalue weighted by molar-refractivity contribution is -0.138. The van der Waals surface area contributed by atoms with E-state index in [1.54, 1.807) is 18.2 Å². The first-order valence-corrected chi connectivity index (χ1v) is 9.08. The molecule has 1 saturated carbocycles. The molecular weight excluding hydrogens is 359 g/mol. The Bertz CT molecular complexity index is 970. The van der Waals surface area contributed by atoms with Crippen molar-refractivity contribution in [3.8, 4) is 28.4 Å². The summed E-state index contributed by atoms with van der Waals surface area (Å²) >= 11 is 0. The number of hydrogen-bond acceptors (Lipinski definition) is 3. The Morgan fingerprint density at radius 1 is 1.00 bits per heavy atom. The summed E-state index contributed by atoms with van der Waals surface area (Å²) in [6, 6.07) is 21.0. The lowest BCUT2D eigenvalue weighted by Crippen LogP contribution is -2.06. The van der Waals surface area contributed by atoms with Crippen LogP contribution < -0.4 is 9.47 Å². The molecule has 0 amide bonds. The standard InChI is InChI=1S/C23H19FO4/c24-17-8-11-22(28-19-4-2-1-3-5-19)20(13-17)15-6-9-18(10-7-15)27-14-16-12-21(16)23(25)26/h1-11,13,16,21H,12,14H2,(H,25,26)/t16?,21-/m1/s1. The number of halogens is 1. The molecule has 1 unspecified atom stereocenters. The fourth-order valence-corrected chi connectivity index (χ4v) is 3.10. The largest absolute Gasteiger partial charge is 0.493 e. The number of ether oxygens (including phenoxy) is 2. The van der Waals surface area contributed by atoms with Gasteiger partial charge in [-0.05, 0) is 54.4 Å². The second-order valence-electron chi connectivity index (χ2n) is 6.83. The minimum atomic E-state index is -0.763. The molecule has 142 valence electrons. The Balaban J connectivity index is 1.49. The average Bonchev–Trinajstić information content (AvgIpc) is 3.49. The van der Waals surface area contributed by atoms with Crippen LogP contribution in [0.3, 0.4) is 0 Å². The van der Waals surface area contributed by atoms with Crippen molar-refractivity contribution in [1.29, 1.82) is 0 Å². The zero-order valence-corrected chi connectivity index (χ0v) is 15.0. The number of para-hydroxylation sites is 1. The van der Waals surface area contributed by atoms with Crippen LogP contribution in [-0.2, 0) is 4.79 Å². The molecule has 3 aromatic carbocycles. The van der Waals surface area contributed by atoms with E-state index in [0.717, 1.165) is 5.56 Å². The fraction of sp³-hybridized carbons (Fsp3) is 0.174. The monoisotopic (exact) mass is 378 g/mol. The first kappa shape index (κ1) is 18.0. The number of aliphatic carboxylic acids is 1. The average molecular weight is 378 g/mol. The van der Waals surface area contributed by atoms with Crippen molar-refractivity contribution in [3.63, 3.8) is 0 Å². The van der Waals surface area contributed by atoms with Crippen molar-refractivity contribution in [3.05, 3.63) is 78.6 Å². The van der Waals surface area contributed by atoms with E-state index in [9.17, 15) is 9.18 Å². The fourth-order valence-electron chi connectivity index (χ4n) is 3.10. The van der Waals surface area contributed by atoms with E-state index < -0.39 is 5.97 Å². The Morgan fingerprint density at radius 3 is 2.43 bits per heavy atom. The van der Waals surface area contributed by atoms with Crippen LogP contribution in [0.1, 0.15) is 6.42 Å². The van der Waals surface area contributed by atoms with E-state index in [-0.39, 0.29) is 17.7 Å². The minimum Gasteiger partial charge on any atom is -0.493 e. The van der Waals surface area contributed by atoms with Crippen LogP contribution in [-0.4, -0.2) is 17.7 Å². The van der Waals surface area contributed by atoms with Gasteiger partial charge in [0.15, 0.2) is 0 Å². The van der Waals surface area contributed by atoms with Gasteiger partial charge in [0.1, 0.15) is 23.1 Å². The van der Waals surface area contributed by atoms with E-state index in [2.05, 4.69) is 0 Å². The second kappa shape index (κ2) is 7.72. The van der Waals surface area contributed by atoms with E-state index in [0.29, 0.717) is 35.8 Å². The van der Waals surface area contributed by atoms with Crippen LogP contribution in [0.2, 0.25) is 0 Å². The summed E-state index contributed by atoms with van der Waals surface area (Å²) in [5.74, 6) is 0.568. The van der Waals surface area contributed by atoms with Crippen LogP contribution in [0.4, 0.5) is 4.39 Å². The van der Waals surface area contributed by atoms with Crippen LogP contribution in [0.15, 0.2) is 72.8 Å². The van der Waals surface area contributed by atoms with Crippen molar-refractivity contribution >= 4 is 5.97 Å². The third-order valence-corrected chi connectivity index (χ3v) is 4.78. The van der Waals surface area contributed by atoms with Crippen molar-refractivity contribution < 1.29 is 23.8 Å². The summed E-state index contributed by atoms with van der Waals surface area (Å²) < 4.78 is 25.4. The van der Waals surface area contributed by atoms with Crippen molar-refractivity contribution in [2.75, 3.05) is 6.61 Å². The van der Waals surface area contributed by atoms with E-state index in [1.807, 2.05) is 42.5 Å². The molecule has 5 heteroatoms. The van der Waals surface area contributed by atoms with E-state index >= 15 is 0 Å². The molecule has 4 nitrogen and oxygen atoms in total. The molecule has 2 atom stereocenters. The van der Waals surface area contributed by atoms with Gasteiger partial charge in [0.2, 0.25) is 0 Å². The molecule has 4 rings (SSSR count). The Morgan fingerprint density at radius 2 is 1.75 bits per heavy atom. The van der Waals surface area contributed by atoms with Gasteiger partial charge in [0.05, 0.1) is 12.5 Å². The van der Waals surface area contributed by atoms with Gasteiger partial charge in [-0.15, -0.1) is 0 Å². The van der Waals surface area contributed by atoms with Crippen molar-refractivity contribution in [2.24, 2.45) is 11.8 Å². The minimum absolute atomic E-state index is 0.0753. The van der Waals surface area contributed by atoms with Crippen LogP contribution >= 0.6 is 0 Å². The van der Waals surface area contributed by atoms with Crippen molar-refractivity contribution in [1.82, 2.24) is 0 Å². The first-order chi connectivity index (χ1) is 13.6. The predicted molar refractivity (Wildman–Crippen MR) is 103 cm³/mol. The Labute approximate surface area is 162 Å². The van der Waals surface area contributed by atoms with Crippen molar-refractivity contribution in [2.45, 2.75) is 6.42 Å². The maximum atomic E-state index is 13.8. The Kier molecular flexibility index (Phi) is 4.98. The molecule has 0 radical (unpaired) electrons. The molecule has 0 heterocycles. The quantitative estimate of drug-likeness (QED) is 0.599. The summed E-state index contributed by atoms with van der Waals surface area (Å²) in [7, 11) is 0. The van der Waals surface area contributed by atoms with Crippen LogP contribution in [0.25, 0.3) is 11.1 Å². The van der Waals surface area contributed by atoms with E-state index in [4.69, 9.17) is 14.6 Å². The van der Waals surface area contributed by atoms with Gasteiger partial charge in [-0.3, -0.25) is 4.79 Å². The van der Waals surface area contributed by atoms with Gasteiger partial charge in [-0.2, -0.15) is 0 Å². The third-order valence-electron chi connectivity index (χ3n) is 4.78. The molecule has 1 fully saturated rings. The highest BCUT2D eigenvalue weighted by molar-refractivity contribution is 5.73. The maximum absolute atomic E-state index is 13.8. The van der Waals surface area contributed by atoms with Gasteiger partial charge in [-0.1, -0.05) is 30.3 Å². The lowest BCUT2D eigenvalue weighted by Gasteiger charge is -2.12. The molecule has 3 aromatic rings. The third kappa shape index (κ3) is 4.14. The predicted octanol–water partition coefficient (Wildman–Crippen LogP) is 5.38. The highest BCUT2D eigenvalue weighted by Crippen LogP contribution is 2.39. The van der Waals surface area contributed by atoms with Crippen LogP contribution in [0, 0.1) is 17.7 Å². The number of carboxylic acids is 1. The highest BCUT2D eigenvalue weighted by atomic mass is 19.1. The van der Waals surface area contributed by atoms with E-state index in [1.165, 1.54) is 12.1 Å². The summed E-state index contributed by atoms with van der Waals surface area (Å²) in [6.07, 6.45) is 0.664. The lowest BCUT2D eigenvalue weighted by atomic mass is 10.0. The zero-order valence-electron chi connectivity index (χ0n) is 15.0. The normalized spacial score (nSPS) is 17.8. The molecule has 0 saturated heterocycles. The van der Waals surface area contributed by atoms with Gasteiger partial charge in [0.25, 0.3) is 0 Å². The number of carbonyl (C=O) groups is 1.